The van der Waals surface area contributed by atoms with Crippen molar-refractivity contribution in [3.63, 3.8) is 0 Å². The summed E-state index contributed by atoms with van der Waals surface area (Å²) in [5, 5.41) is 28.3. The van der Waals surface area contributed by atoms with Crippen molar-refractivity contribution in [2.45, 2.75) is 6.10 Å². The normalized spacial score (nSPS) is 12.3. The third kappa shape index (κ3) is 2.90. The van der Waals surface area contributed by atoms with E-state index >= 15 is 0 Å². The summed E-state index contributed by atoms with van der Waals surface area (Å²) in [6.45, 7) is -1.04. The summed E-state index contributed by atoms with van der Waals surface area (Å²) in [6.07, 6.45) is -1.27. The summed E-state index contributed by atoms with van der Waals surface area (Å²) in [5.41, 5.74) is -0.906. The van der Waals surface area contributed by atoms with E-state index in [1.54, 1.807) is 0 Å². The molecule has 0 aliphatic rings. The monoisotopic (exact) mass is 265 g/mol. The lowest BCUT2D eigenvalue weighted by Gasteiger charge is -2.10. The molecule has 0 saturated heterocycles. The van der Waals surface area contributed by atoms with Gasteiger partial charge in [-0.2, -0.15) is 4.39 Å². The number of aromatic hydroxyl groups is 1. The first-order valence-electron chi connectivity index (χ1n) is 4.82. The fourth-order valence-electron chi connectivity index (χ4n) is 1.13. The molecule has 0 fully saturated rings. The van der Waals surface area contributed by atoms with Gasteiger partial charge in [0.2, 0.25) is 5.82 Å². The first kappa shape index (κ1) is 14.3. The zero-order valence-electron chi connectivity index (χ0n) is 8.95. The van der Waals surface area contributed by atoms with Crippen LogP contribution in [-0.4, -0.2) is 40.5 Å². The second-order valence-electron chi connectivity index (χ2n) is 3.43. The van der Waals surface area contributed by atoms with E-state index < -0.39 is 53.9 Å². The molecule has 4 N–H and O–H groups in total. The Labute approximate surface area is 99.5 Å². The first-order chi connectivity index (χ1) is 8.38. The number of rotatable bonds is 4. The Morgan fingerprint density at radius 3 is 2.50 bits per heavy atom. The highest BCUT2D eigenvalue weighted by molar-refractivity contribution is 5.95. The molecule has 18 heavy (non-hydrogen) atoms. The Kier molecular flexibility index (Phi) is 4.51. The number of benzene rings is 1. The summed E-state index contributed by atoms with van der Waals surface area (Å²) >= 11 is 0. The summed E-state index contributed by atoms with van der Waals surface area (Å²) in [6, 6.07) is 0.283. The van der Waals surface area contributed by atoms with Gasteiger partial charge in [0.05, 0.1) is 18.3 Å². The lowest BCUT2D eigenvalue weighted by Crippen LogP contribution is -2.34. The highest BCUT2D eigenvalue weighted by atomic mass is 19.2. The zero-order chi connectivity index (χ0) is 13.9. The average molecular weight is 265 g/mol. The van der Waals surface area contributed by atoms with Crippen molar-refractivity contribution in [3.8, 4) is 5.75 Å². The number of phenolic OH excluding ortho intramolecular Hbond substituents is 1. The van der Waals surface area contributed by atoms with Crippen molar-refractivity contribution in [1.82, 2.24) is 5.32 Å². The first-order valence-corrected chi connectivity index (χ1v) is 4.82. The van der Waals surface area contributed by atoms with Crippen LogP contribution in [0.5, 0.6) is 5.75 Å². The van der Waals surface area contributed by atoms with Gasteiger partial charge in [-0.15, -0.1) is 0 Å². The van der Waals surface area contributed by atoms with Crippen molar-refractivity contribution >= 4 is 5.91 Å². The summed E-state index contributed by atoms with van der Waals surface area (Å²) in [5.74, 6) is -7.73. The highest BCUT2D eigenvalue weighted by Crippen LogP contribution is 2.25. The molecular formula is C10H10F3NO4. The molecule has 0 spiro atoms. The smallest absolute Gasteiger partial charge is 0.254 e. The van der Waals surface area contributed by atoms with Crippen LogP contribution in [-0.2, 0) is 0 Å². The van der Waals surface area contributed by atoms with Gasteiger partial charge in [-0.1, -0.05) is 0 Å². The van der Waals surface area contributed by atoms with Gasteiger partial charge in [-0.25, -0.2) is 8.78 Å². The highest BCUT2D eigenvalue weighted by Gasteiger charge is 2.22. The molecule has 1 unspecified atom stereocenters. The van der Waals surface area contributed by atoms with Crippen LogP contribution in [0.1, 0.15) is 10.4 Å². The van der Waals surface area contributed by atoms with E-state index in [0.29, 0.717) is 0 Å². The Hall–Kier alpha value is -1.80. The minimum atomic E-state index is -1.79. The molecule has 1 aromatic rings. The Morgan fingerprint density at radius 1 is 1.33 bits per heavy atom. The van der Waals surface area contributed by atoms with Crippen LogP contribution in [0.25, 0.3) is 0 Å². The molecule has 0 radical (unpaired) electrons. The standard InChI is InChI=1S/C10H10F3NO4/c11-6-1-5(7(12)9(17)8(6)13)10(18)14-2-4(16)3-15/h1,4,15-17H,2-3H2,(H,14,18). The Bertz CT molecular complexity index is 467. The predicted octanol–water partition coefficient (Wildman–Crippen LogP) is -0.107. The van der Waals surface area contributed by atoms with Gasteiger partial charge in [-0.3, -0.25) is 4.79 Å². The van der Waals surface area contributed by atoms with E-state index in [1.807, 2.05) is 5.32 Å². The fourth-order valence-corrected chi connectivity index (χ4v) is 1.13. The van der Waals surface area contributed by atoms with Crippen molar-refractivity contribution in [2.24, 2.45) is 0 Å². The molecule has 0 bridgehead atoms. The van der Waals surface area contributed by atoms with Crippen molar-refractivity contribution in [3.05, 3.63) is 29.1 Å². The number of carbonyl (C=O) groups is 1. The second-order valence-corrected chi connectivity index (χ2v) is 3.43. The molecule has 8 heteroatoms. The molecule has 5 nitrogen and oxygen atoms in total. The molecule has 0 heterocycles. The maximum Gasteiger partial charge on any atom is 0.254 e. The topological polar surface area (TPSA) is 89.8 Å². The third-order valence-corrected chi connectivity index (χ3v) is 2.09. The van der Waals surface area contributed by atoms with Crippen LogP contribution in [0, 0.1) is 17.5 Å². The number of phenols is 1. The third-order valence-electron chi connectivity index (χ3n) is 2.09. The van der Waals surface area contributed by atoms with E-state index in [0.717, 1.165) is 0 Å². The van der Waals surface area contributed by atoms with Crippen LogP contribution in [0.2, 0.25) is 0 Å². The number of hydrogen-bond acceptors (Lipinski definition) is 4. The maximum absolute atomic E-state index is 13.3. The number of aliphatic hydroxyl groups excluding tert-OH is 2. The molecule has 1 rings (SSSR count). The lowest BCUT2D eigenvalue weighted by atomic mass is 10.1. The van der Waals surface area contributed by atoms with Crippen molar-refractivity contribution < 1.29 is 33.3 Å². The van der Waals surface area contributed by atoms with Crippen LogP contribution in [0.3, 0.4) is 0 Å². The number of aliphatic hydroxyl groups is 2. The molecule has 0 saturated carbocycles. The SMILES string of the molecule is O=C(NCC(O)CO)c1cc(F)c(F)c(O)c1F. The Morgan fingerprint density at radius 2 is 1.94 bits per heavy atom. The van der Waals surface area contributed by atoms with Crippen molar-refractivity contribution in [2.75, 3.05) is 13.2 Å². The summed E-state index contributed by atoms with van der Waals surface area (Å²) < 4.78 is 38.9. The number of halogens is 3. The number of carbonyl (C=O) groups excluding carboxylic acids is 1. The van der Waals surface area contributed by atoms with Gasteiger partial charge in [0.15, 0.2) is 17.4 Å². The van der Waals surface area contributed by atoms with Crippen molar-refractivity contribution in [1.29, 1.82) is 0 Å². The number of amides is 1. The fraction of sp³-hybridized carbons (Fsp3) is 0.300. The number of hydrogen-bond donors (Lipinski definition) is 4. The molecule has 0 aliphatic heterocycles. The maximum atomic E-state index is 13.3. The van der Waals surface area contributed by atoms with Crippen LogP contribution < -0.4 is 5.32 Å². The minimum Gasteiger partial charge on any atom is -0.503 e. The van der Waals surface area contributed by atoms with Gasteiger partial charge in [0.1, 0.15) is 0 Å². The van der Waals surface area contributed by atoms with Gasteiger partial charge < -0.3 is 20.6 Å². The van der Waals surface area contributed by atoms with E-state index in [-0.39, 0.29) is 6.07 Å². The second kappa shape index (κ2) is 5.69. The van der Waals surface area contributed by atoms with Gasteiger partial charge in [0.25, 0.3) is 5.91 Å². The molecule has 0 aromatic heterocycles. The molecular weight excluding hydrogens is 255 g/mol. The summed E-state index contributed by atoms with van der Waals surface area (Å²) in [7, 11) is 0. The van der Waals surface area contributed by atoms with Crippen LogP contribution in [0.4, 0.5) is 13.2 Å². The van der Waals surface area contributed by atoms with Gasteiger partial charge in [0, 0.05) is 6.54 Å². The minimum absolute atomic E-state index is 0.283. The average Bonchev–Trinajstić information content (AvgIpc) is 2.37. The summed E-state index contributed by atoms with van der Waals surface area (Å²) in [4.78, 5) is 11.4. The molecule has 0 aliphatic carbocycles. The molecule has 1 aromatic carbocycles. The lowest BCUT2D eigenvalue weighted by molar-refractivity contribution is 0.0798. The predicted molar refractivity (Wildman–Crippen MR) is 53.4 cm³/mol. The largest absolute Gasteiger partial charge is 0.503 e. The van der Waals surface area contributed by atoms with E-state index in [1.165, 1.54) is 0 Å². The molecule has 1 amide bonds. The van der Waals surface area contributed by atoms with E-state index in [9.17, 15) is 18.0 Å². The molecule has 100 valence electrons. The Balaban J connectivity index is 2.93. The zero-order valence-corrected chi connectivity index (χ0v) is 8.95. The quantitative estimate of drug-likeness (QED) is 0.572. The number of nitrogens with one attached hydrogen (secondary N) is 1. The van der Waals surface area contributed by atoms with Gasteiger partial charge >= 0.3 is 0 Å². The van der Waals surface area contributed by atoms with E-state index in [4.69, 9.17) is 15.3 Å². The van der Waals surface area contributed by atoms with Gasteiger partial charge in [-0.05, 0) is 6.07 Å². The molecule has 1 atom stereocenters. The van der Waals surface area contributed by atoms with Crippen LogP contribution in [0.15, 0.2) is 6.07 Å². The van der Waals surface area contributed by atoms with E-state index in [2.05, 4.69) is 0 Å². The van der Waals surface area contributed by atoms with Crippen LogP contribution >= 0.6 is 0 Å².